The van der Waals surface area contributed by atoms with Gasteiger partial charge in [0.2, 0.25) is 5.91 Å². The molecule has 2 aliphatic rings. The van der Waals surface area contributed by atoms with Crippen LogP contribution in [0.25, 0.3) is 0 Å². The van der Waals surface area contributed by atoms with Crippen molar-refractivity contribution in [2.24, 2.45) is 0 Å². The third-order valence-corrected chi connectivity index (χ3v) is 4.45. The number of nitrogen functional groups attached to an aromatic ring is 1. The smallest absolute Gasteiger partial charge is 0.236 e. The Morgan fingerprint density at radius 3 is 2.62 bits per heavy atom. The van der Waals surface area contributed by atoms with Crippen molar-refractivity contribution in [2.45, 2.75) is 18.9 Å². The monoisotopic (exact) mass is 288 g/mol. The van der Waals surface area contributed by atoms with E-state index in [9.17, 15) is 4.79 Å². The number of hydrogen-bond acceptors (Lipinski definition) is 4. The fraction of sp³-hybridized carbons (Fsp3) is 0.562. The lowest BCUT2D eigenvalue weighted by atomic mass is 10.2. The zero-order chi connectivity index (χ0) is 14.8. The first-order chi connectivity index (χ1) is 10.1. The van der Waals surface area contributed by atoms with Crippen molar-refractivity contribution in [3.8, 4) is 0 Å². The normalized spacial score (nSPS) is 19.6. The fourth-order valence-corrected chi connectivity index (χ4v) is 2.85. The summed E-state index contributed by atoms with van der Waals surface area (Å²) >= 11 is 0. The van der Waals surface area contributed by atoms with E-state index in [-0.39, 0.29) is 5.91 Å². The summed E-state index contributed by atoms with van der Waals surface area (Å²) < 4.78 is 0. The molecule has 1 saturated carbocycles. The Morgan fingerprint density at radius 2 is 2.00 bits per heavy atom. The van der Waals surface area contributed by atoms with Gasteiger partial charge in [0.05, 0.1) is 6.54 Å². The van der Waals surface area contributed by atoms with E-state index in [1.807, 2.05) is 30.1 Å². The van der Waals surface area contributed by atoms with Crippen molar-refractivity contribution in [1.82, 2.24) is 9.80 Å². The van der Waals surface area contributed by atoms with Gasteiger partial charge >= 0.3 is 0 Å². The van der Waals surface area contributed by atoms with Gasteiger partial charge in [-0.25, -0.2) is 0 Å². The average molecular weight is 288 g/mol. The number of carbonyl (C=O) groups excluding carboxylic acids is 1. The average Bonchev–Trinajstić information content (AvgIpc) is 3.32. The minimum Gasteiger partial charge on any atom is -0.399 e. The summed E-state index contributed by atoms with van der Waals surface area (Å²) in [5.74, 6) is 0.259. The third kappa shape index (κ3) is 3.47. The van der Waals surface area contributed by atoms with Crippen LogP contribution in [0.4, 0.5) is 11.4 Å². The number of nitrogens with zero attached hydrogens (tertiary/aromatic N) is 3. The van der Waals surface area contributed by atoms with Crippen LogP contribution in [0.3, 0.4) is 0 Å². The largest absolute Gasteiger partial charge is 0.399 e. The molecule has 114 valence electrons. The molecular formula is C16H24N4O. The van der Waals surface area contributed by atoms with Gasteiger partial charge in [-0.2, -0.15) is 0 Å². The molecule has 2 N–H and O–H groups in total. The van der Waals surface area contributed by atoms with Crippen LogP contribution >= 0.6 is 0 Å². The van der Waals surface area contributed by atoms with Crippen molar-refractivity contribution in [3.63, 3.8) is 0 Å². The predicted octanol–water partition coefficient (Wildman–Crippen LogP) is 1.01. The second-order valence-electron chi connectivity index (χ2n) is 6.09. The number of benzene rings is 1. The van der Waals surface area contributed by atoms with E-state index in [4.69, 9.17) is 5.73 Å². The molecule has 5 heteroatoms. The maximum Gasteiger partial charge on any atom is 0.236 e. The first-order valence-corrected chi connectivity index (χ1v) is 7.72. The topological polar surface area (TPSA) is 52.8 Å². The van der Waals surface area contributed by atoms with E-state index in [0.29, 0.717) is 12.6 Å². The van der Waals surface area contributed by atoms with Gasteiger partial charge in [-0.15, -0.1) is 0 Å². The fourth-order valence-electron chi connectivity index (χ4n) is 2.85. The van der Waals surface area contributed by atoms with E-state index in [1.54, 1.807) is 0 Å². The molecule has 0 unspecified atom stereocenters. The molecule has 0 spiro atoms. The molecule has 0 radical (unpaired) electrons. The Hall–Kier alpha value is -1.75. The number of likely N-dealkylation sites (N-methyl/N-ethyl adjacent to an activating group) is 1. The summed E-state index contributed by atoms with van der Waals surface area (Å²) in [5, 5.41) is 0. The van der Waals surface area contributed by atoms with Crippen LogP contribution in [0.1, 0.15) is 12.8 Å². The van der Waals surface area contributed by atoms with Crippen LogP contribution in [0.5, 0.6) is 0 Å². The van der Waals surface area contributed by atoms with Gasteiger partial charge in [-0.05, 0) is 31.0 Å². The highest BCUT2D eigenvalue weighted by atomic mass is 16.2. The van der Waals surface area contributed by atoms with Gasteiger partial charge in [0, 0.05) is 50.6 Å². The Labute approximate surface area is 126 Å². The van der Waals surface area contributed by atoms with E-state index in [0.717, 1.165) is 31.9 Å². The molecule has 1 aliphatic carbocycles. The molecule has 0 aromatic heterocycles. The highest BCUT2D eigenvalue weighted by Crippen LogP contribution is 2.25. The van der Waals surface area contributed by atoms with Crippen LogP contribution < -0.4 is 10.6 Å². The van der Waals surface area contributed by atoms with Crippen LogP contribution in [-0.4, -0.2) is 61.5 Å². The van der Waals surface area contributed by atoms with Crippen molar-refractivity contribution in [2.75, 3.05) is 50.4 Å². The van der Waals surface area contributed by atoms with Crippen molar-refractivity contribution >= 4 is 17.3 Å². The highest BCUT2D eigenvalue weighted by molar-refractivity contribution is 5.78. The van der Waals surface area contributed by atoms with E-state index in [1.165, 1.54) is 18.5 Å². The molecule has 0 atom stereocenters. The summed E-state index contributed by atoms with van der Waals surface area (Å²) in [4.78, 5) is 18.7. The maximum atomic E-state index is 12.1. The second-order valence-corrected chi connectivity index (χ2v) is 6.09. The van der Waals surface area contributed by atoms with Gasteiger partial charge in [0.1, 0.15) is 0 Å². The summed E-state index contributed by atoms with van der Waals surface area (Å²) in [6, 6.07) is 8.52. The molecule has 0 bridgehead atoms. The van der Waals surface area contributed by atoms with Crippen LogP contribution in [0, 0.1) is 0 Å². The molecule has 3 rings (SSSR count). The SMILES string of the molecule is CN(C(=O)CN1CCN(c2cccc(N)c2)CC1)C1CC1. The lowest BCUT2D eigenvalue weighted by molar-refractivity contribution is -0.131. The van der Waals surface area contributed by atoms with Crippen LogP contribution in [0.15, 0.2) is 24.3 Å². The van der Waals surface area contributed by atoms with Gasteiger partial charge in [0.15, 0.2) is 0 Å². The van der Waals surface area contributed by atoms with Crippen LogP contribution in [0.2, 0.25) is 0 Å². The molecule has 21 heavy (non-hydrogen) atoms. The maximum absolute atomic E-state index is 12.1. The Kier molecular flexibility index (Phi) is 4.01. The predicted molar refractivity (Wildman–Crippen MR) is 85.3 cm³/mol. The number of amides is 1. The Balaban J connectivity index is 1.49. The van der Waals surface area contributed by atoms with Crippen molar-refractivity contribution in [1.29, 1.82) is 0 Å². The molecule has 1 aromatic carbocycles. The quantitative estimate of drug-likeness (QED) is 0.840. The molecular weight excluding hydrogens is 264 g/mol. The van der Waals surface area contributed by atoms with Crippen LogP contribution in [-0.2, 0) is 4.79 Å². The summed E-state index contributed by atoms with van der Waals surface area (Å²) in [7, 11) is 1.93. The Morgan fingerprint density at radius 1 is 1.29 bits per heavy atom. The number of carbonyl (C=O) groups is 1. The van der Waals surface area contributed by atoms with E-state index in [2.05, 4.69) is 15.9 Å². The van der Waals surface area contributed by atoms with Crippen molar-refractivity contribution < 1.29 is 4.79 Å². The summed E-state index contributed by atoms with van der Waals surface area (Å²) in [6.45, 7) is 4.31. The zero-order valence-corrected chi connectivity index (χ0v) is 12.7. The minimum atomic E-state index is 0.259. The van der Waals surface area contributed by atoms with E-state index < -0.39 is 0 Å². The van der Waals surface area contributed by atoms with Gasteiger partial charge < -0.3 is 15.5 Å². The zero-order valence-electron chi connectivity index (χ0n) is 12.7. The number of hydrogen-bond donors (Lipinski definition) is 1. The molecule has 1 amide bonds. The molecule has 1 aromatic rings. The number of nitrogens with two attached hydrogens (primary N) is 1. The second kappa shape index (κ2) is 5.93. The third-order valence-electron chi connectivity index (χ3n) is 4.45. The number of rotatable bonds is 4. The molecule has 1 aliphatic heterocycles. The first kappa shape index (κ1) is 14.2. The summed E-state index contributed by atoms with van der Waals surface area (Å²) in [6.07, 6.45) is 2.34. The summed E-state index contributed by atoms with van der Waals surface area (Å²) in [5.41, 5.74) is 7.82. The molecule has 1 saturated heterocycles. The number of piperazine rings is 1. The molecule has 5 nitrogen and oxygen atoms in total. The first-order valence-electron chi connectivity index (χ1n) is 7.72. The minimum absolute atomic E-state index is 0.259. The highest BCUT2D eigenvalue weighted by Gasteiger charge is 2.30. The Bertz CT molecular complexity index is 507. The van der Waals surface area contributed by atoms with Gasteiger partial charge in [0.25, 0.3) is 0 Å². The lowest BCUT2D eigenvalue weighted by Crippen LogP contribution is -2.50. The molecule has 2 fully saturated rings. The van der Waals surface area contributed by atoms with Crippen molar-refractivity contribution in [3.05, 3.63) is 24.3 Å². The lowest BCUT2D eigenvalue weighted by Gasteiger charge is -2.36. The number of anilines is 2. The van der Waals surface area contributed by atoms with Gasteiger partial charge in [-0.3, -0.25) is 9.69 Å². The molecule has 1 heterocycles. The van der Waals surface area contributed by atoms with Gasteiger partial charge in [-0.1, -0.05) is 6.07 Å². The standard InChI is InChI=1S/C16H24N4O/c1-18(14-5-6-14)16(21)12-19-7-9-20(10-8-19)15-4-2-3-13(17)11-15/h2-4,11,14H,5-10,12,17H2,1H3. The van der Waals surface area contributed by atoms with E-state index >= 15 is 0 Å².